The molecule has 0 aliphatic heterocycles. The Morgan fingerprint density at radius 3 is 2.62 bits per heavy atom. The van der Waals surface area contributed by atoms with Crippen molar-refractivity contribution in [1.29, 1.82) is 0 Å². The molecule has 0 radical (unpaired) electrons. The molecule has 0 unspecified atom stereocenters. The molecule has 1 atom stereocenters. The minimum absolute atomic E-state index is 0.0608. The fourth-order valence-electron chi connectivity index (χ4n) is 4.19. The smallest absolute Gasteiger partial charge is 0.416 e. The van der Waals surface area contributed by atoms with E-state index < -0.39 is 23.7 Å². The molecular formula is C23H23F3N8O3. The van der Waals surface area contributed by atoms with Gasteiger partial charge in [0.2, 0.25) is 5.88 Å². The van der Waals surface area contributed by atoms with E-state index in [0.717, 1.165) is 25.0 Å². The number of carbonyl (C=O) groups excluding carboxylic acids is 1. The highest BCUT2D eigenvalue weighted by Gasteiger charge is 2.36. The van der Waals surface area contributed by atoms with E-state index in [2.05, 4.69) is 30.7 Å². The predicted octanol–water partition coefficient (Wildman–Crippen LogP) is 3.41. The lowest BCUT2D eigenvalue weighted by Crippen LogP contribution is -2.29. The first kappa shape index (κ1) is 24.6. The van der Waals surface area contributed by atoms with E-state index in [4.69, 9.17) is 9.47 Å². The number of alkyl halides is 3. The molecule has 0 bridgehead atoms. The fourth-order valence-corrected chi connectivity index (χ4v) is 4.19. The average Bonchev–Trinajstić information content (AvgIpc) is 3.45. The topological polar surface area (TPSA) is 122 Å². The molecule has 1 fully saturated rings. The standard InChI is InChI=1S/C23H23F3N8O3/c1-12(21-27-10-28-34(21)17-6-7-18(37-3)31-30-17)29-22(35)16-9-14(23(24,25)26)8-15-19(16)32-33(11-36-2)20(15)13-4-5-13/h6-10,12-13H,4-5,11H2,1-3H3,(H,29,35)/t12-/m0/s1. The molecule has 14 heteroatoms. The second-order valence-corrected chi connectivity index (χ2v) is 8.65. The zero-order chi connectivity index (χ0) is 26.3. The zero-order valence-corrected chi connectivity index (χ0v) is 20.2. The Kier molecular flexibility index (Phi) is 6.27. The van der Waals surface area contributed by atoms with Crippen molar-refractivity contribution in [1.82, 2.24) is 40.1 Å². The summed E-state index contributed by atoms with van der Waals surface area (Å²) in [6.45, 7) is 1.70. The Morgan fingerprint density at radius 2 is 2.00 bits per heavy atom. The predicted molar refractivity (Wildman–Crippen MR) is 123 cm³/mol. The highest BCUT2D eigenvalue weighted by atomic mass is 19.4. The van der Waals surface area contributed by atoms with Crippen LogP contribution in [0.15, 0.2) is 30.6 Å². The van der Waals surface area contributed by atoms with Crippen LogP contribution in [-0.4, -0.2) is 54.9 Å². The van der Waals surface area contributed by atoms with Crippen molar-refractivity contribution in [2.45, 2.75) is 44.6 Å². The molecule has 3 heterocycles. The number of fused-ring (bicyclic) bond motifs is 1. The summed E-state index contributed by atoms with van der Waals surface area (Å²) in [5.74, 6) is 0.271. The molecule has 1 aromatic carbocycles. The van der Waals surface area contributed by atoms with Gasteiger partial charge in [0.05, 0.1) is 30.0 Å². The van der Waals surface area contributed by atoms with Crippen molar-refractivity contribution in [3.8, 4) is 11.7 Å². The SMILES string of the molecule is COCn1nc2c(C(=O)N[C@@H](C)c3ncnn3-c3ccc(OC)nn3)cc(C(F)(F)F)cc2c1C1CC1. The van der Waals surface area contributed by atoms with E-state index in [0.29, 0.717) is 28.6 Å². The van der Waals surface area contributed by atoms with Crippen molar-refractivity contribution in [3.63, 3.8) is 0 Å². The second kappa shape index (κ2) is 9.42. The molecule has 11 nitrogen and oxygen atoms in total. The van der Waals surface area contributed by atoms with Crippen LogP contribution in [0.5, 0.6) is 5.88 Å². The van der Waals surface area contributed by atoms with Gasteiger partial charge in [-0.05, 0) is 38.0 Å². The van der Waals surface area contributed by atoms with Crippen molar-refractivity contribution >= 4 is 16.8 Å². The lowest BCUT2D eigenvalue weighted by atomic mass is 10.0. The van der Waals surface area contributed by atoms with Gasteiger partial charge in [-0.15, -0.1) is 10.2 Å². The maximum Gasteiger partial charge on any atom is 0.416 e. The molecule has 0 saturated heterocycles. The molecule has 1 aliphatic carbocycles. The zero-order valence-electron chi connectivity index (χ0n) is 20.2. The van der Waals surface area contributed by atoms with Gasteiger partial charge in [0.1, 0.15) is 18.6 Å². The van der Waals surface area contributed by atoms with E-state index >= 15 is 0 Å². The van der Waals surface area contributed by atoms with Crippen LogP contribution in [-0.2, 0) is 17.6 Å². The molecule has 1 saturated carbocycles. The average molecular weight is 516 g/mol. The van der Waals surface area contributed by atoms with Gasteiger partial charge in [-0.25, -0.2) is 9.67 Å². The van der Waals surface area contributed by atoms with Crippen molar-refractivity contribution in [2.24, 2.45) is 0 Å². The minimum Gasteiger partial charge on any atom is -0.480 e. The number of nitrogens with zero attached hydrogens (tertiary/aromatic N) is 7. The highest BCUT2D eigenvalue weighted by Crippen LogP contribution is 2.45. The maximum atomic E-state index is 13.8. The first-order valence-electron chi connectivity index (χ1n) is 11.4. The molecular weight excluding hydrogens is 493 g/mol. The van der Waals surface area contributed by atoms with E-state index in [1.807, 2.05) is 0 Å². The fraction of sp³-hybridized carbons (Fsp3) is 0.391. The van der Waals surface area contributed by atoms with E-state index in [-0.39, 0.29) is 23.7 Å². The van der Waals surface area contributed by atoms with Gasteiger partial charge in [-0.2, -0.15) is 28.1 Å². The summed E-state index contributed by atoms with van der Waals surface area (Å²) in [4.78, 5) is 17.6. The summed E-state index contributed by atoms with van der Waals surface area (Å²) >= 11 is 0. The Hall–Kier alpha value is -4.07. The van der Waals surface area contributed by atoms with Gasteiger partial charge in [-0.3, -0.25) is 4.79 Å². The summed E-state index contributed by atoms with van der Waals surface area (Å²) in [7, 11) is 2.93. The van der Waals surface area contributed by atoms with Crippen LogP contribution in [0.2, 0.25) is 0 Å². The number of hydrogen-bond donors (Lipinski definition) is 1. The van der Waals surface area contributed by atoms with Crippen LogP contribution in [0, 0.1) is 0 Å². The number of benzene rings is 1. The van der Waals surface area contributed by atoms with Gasteiger partial charge in [0, 0.05) is 24.5 Å². The highest BCUT2D eigenvalue weighted by molar-refractivity contribution is 6.06. The number of carbonyl (C=O) groups is 1. The number of amides is 1. The van der Waals surface area contributed by atoms with Gasteiger partial charge in [0.25, 0.3) is 5.91 Å². The summed E-state index contributed by atoms with van der Waals surface area (Å²) < 4.78 is 54.6. The van der Waals surface area contributed by atoms with Gasteiger partial charge in [-0.1, -0.05) is 0 Å². The van der Waals surface area contributed by atoms with Crippen molar-refractivity contribution in [3.05, 3.63) is 53.2 Å². The van der Waals surface area contributed by atoms with Crippen LogP contribution in [0.3, 0.4) is 0 Å². The van der Waals surface area contributed by atoms with E-state index in [1.54, 1.807) is 19.1 Å². The van der Waals surface area contributed by atoms with Crippen LogP contribution in [0.4, 0.5) is 13.2 Å². The number of rotatable bonds is 8. The van der Waals surface area contributed by atoms with Crippen molar-refractivity contribution in [2.75, 3.05) is 14.2 Å². The molecule has 194 valence electrons. The summed E-state index contributed by atoms with van der Waals surface area (Å²) in [6, 6.07) is 4.33. The maximum absolute atomic E-state index is 13.8. The number of methoxy groups -OCH3 is 2. The Bertz CT molecular complexity index is 1440. The van der Waals surface area contributed by atoms with Crippen molar-refractivity contribution < 1.29 is 27.4 Å². The summed E-state index contributed by atoms with van der Waals surface area (Å²) in [5, 5.41) is 19.5. The molecule has 1 aliphatic rings. The van der Waals surface area contributed by atoms with Crippen LogP contribution in [0.1, 0.15) is 59.2 Å². The first-order chi connectivity index (χ1) is 17.7. The lowest BCUT2D eigenvalue weighted by Gasteiger charge is -2.15. The summed E-state index contributed by atoms with van der Waals surface area (Å²) in [6.07, 6.45) is -1.70. The third-order valence-corrected chi connectivity index (χ3v) is 6.03. The van der Waals surface area contributed by atoms with Gasteiger partial charge < -0.3 is 14.8 Å². The third kappa shape index (κ3) is 4.71. The quantitative estimate of drug-likeness (QED) is 0.378. The number of nitrogens with one attached hydrogen (secondary N) is 1. The van der Waals surface area contributed by atoms with Crippen LogP contribution < -0.4 is 10.1 Å². The van der Waals surface area contributed by atoms with Gasteiger partial charge >= 0.3 is 6.18 Å². The molecule has 3 aromatic heterocycles. The van der Waals surface area contributed by atoms with Crippen LogP contribution >= 0.6 is 0 Å². The molecule has 5 rings (SSSR count). The molecule has 37 heavy (non-hydrogen) atoms. The molecule has 0 spiro atoms. The molecule has 1 N–H and O–H groups in total. The lowest BCUT2D eigenvalue weighted by molar-refractivity contribution is -0.137. The van der Waals surface area contributed by atoms with Crippen LogP contribution in [0.25, 0.3) is 16.7 Å². The second-order valence-electron chi connectivity index (χ2n) is 8.65. The minimum atomic E-state index is -4.65. The number of hydrogen-bond acceptors (Lipinski definition) is 8. The number of aromatic nitrogens is 7. The Balaban J connectivity index is 1.51. The van der Waals surface area contributed by atoms with Gasteiger partial charge in [0.15, 0.2) is 11.6 Å². The monoisotopic (exact) mass is 516 g/mol. The Morgan fingerprint density at radius 1 is 1.22 bits per heavy atom. The Labute approximate surface area is 208 Å². The normalized spacial score (nSPS) is 14.6. The van der Waals surface area contributed by atoms with E-state index in [1.165, 1.54) is 29.9 Å². The summed E-state index contributed by atoms with van der Waals surface area (Å²) in [5.41, 5.74) is -0.293. The first-order valence-corrected chi connectivity index (χ1v) is 11.4. The third-order valence-electron chi connectivity index (χ3n) is 6.03. The molecule has 4 aromatic rings. The van der Waals surface area contributed by atoms with E-state index in [9.17, 15) is 18.0 Å². The largest absolute Gasteiger partial charge is 0.480 e. The molecule has 1 amide bonds. The number of halogens is 3. The number of ether oxygens (including phenoxy) is 2.